The van der Waals surface area contributed by atoms with Gasteiger partial charge >= 0.3 is 0 Å². The van der Waals surface area contributed by atoms with Crippen LogP contribution in [0.3, 0.4) is 0 Å². The van der Waals surface area contributed by atoms with E-state index in [9.17, 15) is 0 Å². The van der Waals surface area contributed by atoms with Crippen molar-refractivity contribution in [3.8, 4) is 11.4 Å². The van der Waals surface area contributed by atoms with Crippen LogP contribution in [0, 0.1) is 13.8 Å². The molecule has 2 heterocycles. The summed E-state index contributed by atoms with van der Waals surface area (Å²) in [5.41, 5.74) is 2.75. The van der Waals surface area contributed by atoms with Gasteiger partial charge in [-0.1, -0.05) is 18.5 Å². The lowest BCUT2D eigenvalue weighted by atomic mass is 10.1. The van der Waals surface area contributed by atoms with Gasteiger partial charge in [0.05, 0.1) is 11.3 Å². The van der Waals surface area contributed by atoms with Crippen LogP contribution in [-0.4, -0.2) is 22.2 Å². The minimum absolute atomic E-state index is 0.682. The van der Waals surface area contributed by atoms with Crippen molar-refractivity contribution >= 4 is 5.82 Å². The Morgan fingerprint density at radius 1 is 1.28 bits per heavy atom. The van der Waals surface area contributed by atoms with Crippen molar-refractivity contribution in [1.82, 2.24) is 15.1 Å². The Morgan fingerprint density at radius 3 is 2.61 bits per heavy atom. The summed E-state index contributed by atoms with van der Waals surface area (Å²) in [5.74, 6) is 2.26. The molecular weight excluding hydrogens is 228 g/mol. The Kier molecular flexibility index (Phi) is 3.60. The number of hydrogen-bond acceptors (Lipinski definition) is 5. The summed E-state index contributed by atoms with van der Waals surface area (Å²) in [6, 6.07) is 1.98. The van der Waals surface area contributed by atoms with Crippen molar-refractivity contribution in [2.75, 3.05) is 12.4 Å². The topological polar surface area (TPSA) is 63.8 Å². The van der Waals surface area contributed by atoms with Gasteiger partial charge < -0.3 is 9.84 Å². The first kappa shape index (κ1) is 12.5. The maximum absolute atomic E-state index is 5.17. The molecule has 5 heteroatoms. The number of rotatable bonds is 4. The number of nitrogens with zero attached hydrogens (tertiary/aromatic N) is 3. The molecule has 0 aliphatic rings. The fraction of sp³-hybridized carbons (Fsp3) is 0.462. The molecule has 2 aromatic heterocycles. The molecule has 0 saturated carbocycles. The molecule has 0 fully saturated rings. The lowest BCUT2D eigenvalue weighted by Crippen LogP contribution is -2.01. The van der Waals surface area contributed by atoms with Crippen molar-refractivity contribution in [2.45, 2.75) is 33.6 Å². The maximum Gasteiger partial charge on any atom is 0.167 e. The number of anilines is 1. The van der Waals surface area contributed by atoms with Gasteiger partial charge in [-0.3, -0.25) is 0 Å². The molecule has 0 aliphatic carbocycles. The van der Waals surface area contributed by atoms with Crippen LogP contribution in [-0.2, 0) is 6.42 Å². The Morgan fingerprint density at radius 2 is 2.06 bits per heavy atom. The van der Waals surface area contributed by atoms with Crippen molar-refractivity contribution in [3.05, 3.63) is 23.2 Å². The zero-order valence-corrected chi connectivity index (χ0v) is 11.2. The molecule has 0 spiro atoms. The molecule has 1 N–H and O–H groups in total. The molecule has 96 valence electrons. The van der Waals surface area contributed by atoms with E-state index < -0.39 is 0 Å². The van der Waals surface area contributed by atoms with E-state index in [2.05, 4.69) is 27.4 Å². The summed E-state index contributed by atoms with van der Waals surface area (Å²) >= 11 is 0. The van der Waals surface area contributed by atoms with Crippen molar-refractivity contribution in [2.24, 2.45) is 0 Å². The van der Waals surface area contributed by atoms with Gasteiger partial charge in [0.1, 0.15) is 11.6 Å². The minimum atomic E-state index is 0.682. The molecule has 2 aromatic rings. The molecule has 0 unspecified atom stereocenters. The highest BCUT2D eigenvalue weighted by Crippen LogP contribution is 2.25. The second-order valence-electron chi connectivity index (χ2n) is 4.27. The fourth-order valence-electron chi connectivity index (χ4n) is 1.92. The summed E-state index contributed by atoms with van der Waals surface area (Å²) in [4.78, 5) is 9.06. The van der Waals surface area contributed by atoms with Gasteiger partial charge in [0.15, 0.2) is 5.82 Å². The second kappa shape index (κ2) is 5.16. The van der Waals surface area contributed by atoms with Crippen LogP contribution in [0.2, 0.25) is 0 Å². The largest absolute Gasteiger partial charge is 0.373 e. The second-order valence-corrected chi connectivity index (χ2v) is 4.27. The van der Waals surface area contributed by atoms with E-state index in [0.717, 1.165) is 41.4 Å². The summed E-state index contributed by atoms with van der Waals surface area (Å²) in [7, 11) is 1.86. The molecule has 0 bridgehead atoms. The molecule has 5 nitrogen and oxygen atoms in total. The monoisotopic (exact) mass is 246 g/mol. The zero-order chi connectivity index (χ0) is 13.1. The van der Waals surface area contributed by atoms with E-state index in [0.29, 0.717) is 5.82 Å². The predicted molar refractivity (Wildman–Crippen MR) is 70.5 cm³/mol. The van der Waals surface area contributed by atoms with Gasteiger partial charge in [-0.2, -0.15) is 0 Å². The molecule has 2 rings (SSSR count). The van der Waals surface area contributed by atoms with Gasteiger partial charge in [-0.05, 0) is 20.3 Å². The average Bonchev–Trinajstić information content (AvgIpc) is 2.69. The van der Waals surface area contributed by atoms with Gasteiger partial charge in [0.2, 0.25) is 0 Å². The number of aryl methyl sites for hydroxylation is 3. The molecule has 0 amide bonds. The standard InChI is InChI=1S/C13H18N4O/c1-5-6-10-7-11(14-4)16-13(15-10)12-8(2)17-18-9(12)3/h7H,5-6H2,1-4H3,(H,14,15,16). The maximum atomic E-state index is 5.17. The van der Waals surface area contributed by atoms with Crippen molar-refractivity contribution < 1.29 is 4.52 Å². The highest BCUT2D eigenvalue weighted by atomic mass is 16.5. The van der Waals surface area contributed by atoms with Gasteiger partial charge in [0, 0.05) is 18.8 Å². The van der Waals surface area contributed by atoms with Crippen LogP contribution in [0.25, 0.3) is 11.4 Å². The van der Waals surface area contributed by atoms with Crippen LogP contribution in [0.4, 0.5) is 5.82 Å². The molecule has 0 atom stereocenters. The first-order valence-electron chi connectivity index (χ1n) is 6.14. The summed E-state index contributed by atoms with van der Waals surface area (Å²) in [5, 5.41) is 7.01. The smallest absolute Gasteiger partial charge is 0.167 e. The third-order valence-electron chi connectivity index (χ3n) is 2.80. The molecule has 0 radical (unpaired) electrons. The third kappa shape index (κ3) is 2.34. The summed E-state index contributed by atoms with van der Waals surface area (Å²) in [6.45, 7) is 5.92. The van der Waals surface area contributed by atoms with Crippen LogP contribution in [0.1, 0.15) is 30.5 Å². The van der Waals surface area contributed by atoms with E-state index in [-0.39, 0.29) is 0 Å². The van der Waals surface area contributed by atoms with Gasteiger partial charge in [-0.15, -0.1) is 0 Å². The quantitative estimate of drug-likeness (QED) is 0.898. The van der Waals surface area contributed by atoms with E-state index in [1.54, 1.807) is 0 Å². The van der Waals surface area contributed by atoms with E-state index in [1.165, 1.54) is 0 Å². The molecule has 0 aromatic carbocycles. The summed E-state index contributed by atoms with van der Waals surface area (Å²) in [6.07, 6.45) is 1.99. The van der Waals surface area contributed by atoms with Crippen LogP contribution < -0.4 is 5.32 Å². The predicted octanol–water partition coefficient (Wildman–Crippen LogP) is 2.74. The fourth-order valence-corrected chi connectivity index (χ4v) is 1.92. The zero-order valence-electron chi connectivity index (χ0n) is 11.2. The summed E-state index contributed by atoms with van der Waals surface area (Å²) < 4.78 is 5.17. The van der Waals surface area contributed by atoms with Crippen LogP contribution in [0.15, 0.2) is 10.6 Å². The SMILES string of the molecule is CCCc1cc(NC)nc(-c2c(C)noc2C)n1. The first-order valence-corrected chi connectivity index (χ1v) is 6.14. The van der Waals surface area contributed by atoms with Crippen LogP contribution in [0.5, 0.6) is 0 Å². The minimum Gasteiger partial charge on any atom is -0.373 e. The Bertz CT molecular complexity index is 528. The number of hydrogen-bond donors (Lipinski definition) is 1. The molecule has 18 heavy (non-hydrogen) atoms. The lowest BCUT2D eigenvalue weighted by Gasteiger charge is -2.06. The van der Waals surface area contributed by atoms with E-state index >= 15 is 0 Å². The van der Waals surface area contributed by atoms with Crippen molar-refractivity contribution in [3.63, 3.8) is 0 Å². The average molecular weight is 246 g/mol. The Balaban J connectivity index is 2.53. The highest BCUT2D eigenvalue weighted by Gasteiger charge is 2.15. The molecule has 0 aliphatic heterocycles. The van der Waals surface area contributed by atoms with Gasteiger partial charge in [-0.25, -0.2) is 9.97 Å². The Labute approximate surface area is 107 Å². The first-order chi connectivity index (χ1) is 8.65. The molecular formula is C13H18N4O. The Hall–Kier alpha value is -1.91. The third-order valence-corrected chi connectivity index (χ3v) is 2.80. The van der Waals surface area contributed by atoms with Crippen LogP contribution >= 0.6 is 0 Å². The molecule has 0 saturated heterocycles. The number of nitrogens with one attached hydrogen (secondary N) is 1. The van der Waals surface area contributed by atoms with Crippen molar-refractivity contribution in [1.29, 1.82) is 0 Å². The number of aromatic nitrogens is 3. The lowest BCUT2D eigenvalue weighted by molar-refractivity contribution is 0.393. The van der Waals surface area contributed by atoms with E-state index in [4.69, 9.17) is 4.52 Å². The van der Waals surface area contributed by atoms with Gasteiger partial charge in [0.25, 0.3) is 0 Å². The van der Waals surface area contributed by atoms with E-state index in [1.807, 2.05) is 27.0 Å². The normalized spacial score (nSPS) is 10.7. The highest BCUT2D eigenvalue weighted by molar-refractivity contribution is 5.62.